The molecule has 0 aromatic rings. The van der Waals surface area contributed by atoms with E-state index >= 15 is 0 Å². The number of ether oxygens (including phenoxy) is 1. The number of rotatable bonds is 8. The Morgan fingerprint density at radius 2 is 2.12 bits per heavy atom. The van der Waals surface area contributed by atoms with Crippen LogP contribution in [0.2, 0.25) is 0 Å². The molecule has 2 atom stereocenters. The molecular weight excluding hydrogens is 212 g/mol. The summed E-state index contributed by atoms with van der Waals surface area (Å²) < 4.78 is 5.20. The molecule has 1 rings (SSSR count). The molecule has 0 aliphatic heterocycles. The van der Waals surface area contributed by atoms with Crippen molar-refractivity contribution < 1.29 is 4.74 Å². The topological polar surface area (TPSA) is 24.5 Å². The molecule has 1 fully saturated rings. The van der Waals surface area contributed by atoms with Gasteiger partial charge in [-0.2, -0.15) is 0 Å². The zero-order chi connectivity index (χ0) is 12.5. The van der Waals surface area contributed by atoms with E-state index in [1.165, 1.54) is 38.6 Å². The van der Waals surface area contributed by atoms with E-state index in [2.05, 4.69) is 24.1 Å². The minimum Gasteiger partial charge on any atom is -0.383 e. The van der Waals surface area contributed by atoms with Crippen LogP contribution in [0.15, 0.2) is 0 Å². The van der Waals surface area contributed by atoms with Crippen molar-refractivity contribution in [3.05, 3.63) is 0 Å². The quantitative estimate of drug-likeness (QED) is 0.706. The molecule has 1 N–H and O–H groups in total. The Labute approximate surface area is 107 Å². The second-order valence-corrected chi connectivity index (χ2v) is 5.09. The molecule has 0 aromatic carbocycles. The van der Waals surface area contributed by atoms with Crippen LogP contribution in [0, 0.1) is 0 Å². The maximum absolute atomic E-state index is 5.20. The predicted octanol–water partition coefficient (Wildman–Crippen LogP) is 2.27. The lowest BCUT2D eigenvalue weighted by Crippen LogP contribution is -2.45. The van der Waals surface area contributed by atoms with Gasteiger partial charge in [-0.3, -0.25) is 4.90 Å². The third-order valence-electron chi connectivity index (χ3n) is 3.83. The fraction of sp³-hybridized carbons (Fsp3) is 1.00. The molecule has 2 unspecified atom stereocenters. The summed E-state index contributed by atoms with van der Waals surface area (Å²) in [5.41, 5.74) is 0. The summed E-state index contributed by atoms with van der Waals surface area (Å²) in [6.07, 6.45) is 6.65. The SMILES string of the molecule is CCCNC1CCCC(N(CC)CCOC)C1. The highest BCUT2D eigenvalue weighted by Crippen LogP contribution is 2.23. The van der Waals surface area contributed by atoms with Gasteiger partial charge in [0.2, 0.25) is 0 Å². The number of nitrogens with one attached hydrogen (secondary N) is 1. The molecule has 0 heterocycles. The summed E-state index contributed by atoms with van der Waals surface area (Å²) in [4.78, 5) is 2.59. The van der Waals surface area contributed by atoms with Crippen molar-refractivity contribution in [1.82, 2.24) is 10.2 Å². The third kappa shape index (κ3) is 5.36. The number of likely N-dealkylation sites (N-methyl/N-ethyl adjacent to an activating group) is 1. The monoisotopic (exact) mass is 242 g/mol. The van der Waals surface area contributed by atoms with Gasteiger partial charge in [-0.15, -0.1) is 0 Å². The molecule has 1 aliphatic carbocycles. The maximum Gasteiger partial charge on any atom is 0.0589 e. The largest absolute Gasteiger partial charge is 0.383 e. The van der Waals surface area contributed by atoms with E-state index in [9.17, 15) is 0 Å². The summed E-state index contributed by atoms with van der Waals surface area (Å²) in [7, 11) is 1.79. The fourth-order valence-electron chi connectivity index (χ4n) is 2.84. The van der Waals surface area contributed by atoms with Crippen LogP contribution in [0.1, 0.15) is 46.0 Å². The van der Waals surface area contributed by atoms with Crippen molar-refractivity contribution in [2.45, 2.75) is 58.0 Å². The highest BCUT2D eigenvalue weighted by molar-refractivity contribution is 4.83. The zero-order valence-corrected chi connectivity index (χ0v) is 11.9. The van der Waals surface area contributed by atoms with E-state index in [-0.39, 0.29) is 0 Å². The molecule has 0 spiro atoms. The van der Waals surface area contributed by atoms with Gasteiger partial charge in [-0.1, -0.05) is 20.3 Å². The minimum atomic E-state index is 0.741. The molecule has 0 bridgehead atoms. The smallest absolute Gasteiger partial charge is 0.0589 e. The van der Waals surface area contributed by atoms with Crippen LogP contribution >= 0.6 is 0 Å². The van der Waals surface area contributed by atoms with Crippen molar-refractivity contribution >= 4 is 0 Å². The average Bonchev–Trinajstić information content (AvgIpc) is 2.38. The number of nitrogens with zero attached hydrogens (tertiary/aromatic N) is 1. The normalized spacial score (nSPS) is 25.4. The van der Waals surface area contributed by atoms with Crippen LogP contribution in [0.3, 0.4) is 0 Å². The van der Waals surface area contributed by atoms with Crippen LogP contribution in [0.5, 0.6) is 0 Å². The molecule has 102 valence electrons. The molecule has 0 radical (unpaired) electrons. The van der Waals surface area contributed by atoms with Gasteiger partial charge in [0.15, 0.2) is 0 Å². The Morgan fingerprint density at radius 3 is 2.76 bits per heavy atom. The predicted molar refractivity (Wildman–Crippen MR) is 73.5 cm³/mol. The molecule has 3 nitrogen and oxygen atoms in total. The van der Waals surface area contributed by atoms with Crippen molar-refractivity contribution in [2.75, 3.05) is 33.4 Å². The van der Waals surface area contributed by atoms with Gasteiger partial charge in [0, 0.05) is 25.7 Å². The van der Waals surface area contributed by atoms with Gasteiger partial charge in [0.25, 0.3) is 0 Å². The van der Waals surface area contributed by atoms with E-state index in [0.29, 0.717) is 0 Å². The first kappa shape index (κ1) is 14.9. The first-order valence-corrected chi connectivity index (χ1v) is 7.28. The Hall–Kier alpha value is -0.120. The van der Waals surface area contributed by atoms with E-state index in [1.54, 1.807) is 7.11 Å². The molecule has 0 amide bonds. The third-order valence-corrected chi connectivity index (χ3v) is 3.83. The lowest BCUT2D eigenvalue weighted by molar-refractivity contribution is 0.0986. The highest BCUT2D eigenvalue weighted by atomic mass is 16.5. The van der Waals surface area contributed by atoms with Gasteiger partial charge in [0.05, 0.1) is 6.61 Å². The Morgan fingerprint density at radius 1 is 1.29 bits per heavy atom. The Balaban J connectivity index is 2.34. The first-order chi connectivity index (χ1) is 8.31. The first-order valence-electron chi connectivity index (χ1n) is 7.28. The Kier molecular flexibility index (Phi) is 7.82. The zero-order valence-electron chi connectivity index (χ0n) is 11.9. The van der Waals surface area contributed by atoms with Gasteiger partial charge >= 0.3 is 0 Å². The minimum absolute atomic E-state index is 0.741. The summed E-state index contributed by atoms with van der Waals surface area (Å²) >= 11 is 0. The lowest BCUT2D eigenvalue weighted by atomic mass is 9.90. The van der Waals surface area contributed by atoms with Gasteiger partial charge in [-0.25, -0.2) is 0 Å². The fourth-order valence-corrected chi connectivity index (χ4v) is 2.84. The van der Waals surface area contributed by atoms with E-state index in [0.717, 1.165) is 31.8 Å². The number of methoxy groups -OCH3 is 1. The van der Waals surface area contributed by atoms with E-state index in [1.807, 2.05) is 0 Å². The summed E-state index contributed by atoms with van der Waals surface area (Å²) in [6, 6.07) is 1.50. The van der Waals surface area contributed by atoms with E-state index in [4.69, 9.17) is 4.74 Å². The summed E-state index contributed by atoms with van der Waals surface area (Å²) in [5.74, 6) is 0. The van der Waals surface area contributed by atoms with Crippen molar-refractivity contribution in [3.8, 4) is 0 Å². The van der Waals surface area contributed by atoms with Crippen molar-refractivity contribution in [1.29, 1.82) is 0 Å². The molecule has 3 heteroatoms. The van der Waals surface area contributed by atoms with Crippen LogP contribution in [0.25, 0.3) is 0 Å². The standard InChI is InChI=1S/C14H30N2O/c1-4-9-15-13-7-6-8-14(12-13)16(5-2)10-11-17-3/h13-15H,4-12H2,1-3H3. The second-order valence-electron chi connectivity index (χ2n) is 5.09. The Bertz CT molecular complexity index is 187. The molecule has 17 heavy (non-hydrogen) atoms. The van der Waals surface area contributed by atoms with Gasteiger partial charge in [0.1, 0.15) is 0 Å². The van der Waals surface area contributed by atoms with Crippen LogP contribution < -0.4 is 5.32 Å². The van der Waals surface area contributed by atoms with Crippen LogP contribution in [-0.4, -0.2) is 50.3 Å². The molecule has 1 aliphatic rings. The number of hydrogen-bond acceptors (Lipinski definition) is 3. The second kappa shape index (κ2) is 8.90. The average molecular weight is 242 g/mol. The molecule has 1 saturated carbocycles. The van der Waals surface area contributed by atoms with Crippen molar-refractivity contribution in [3.63, 3.8) is 0 Å². The van der Waals surface area contributed by atoms with Crippen LogP contribution in [0.4, 0.5) is 0 Å². The molecule has 0 aromatic heterocycles. The van der Waals surface area contributed by atoms with Crippen molar-refractivity contribution in [2.24, 2.45) is 0 Å². The molecule has 0 saturated heterocycles. The summed E-state index contributed by atoms with van der Waals surface area (Å²) in [6.45, 7) is 8.76. The van der Waals surface area contributed by atoms with Crippen LogP contribution in [-0.2, 0) is 4.74 Å². The summed E-state index contributed by atoms with van der Waals surface area (Å²) in [5, 5.41) is 3.68. The van der Waals surface area contributed by atoms with E-state index < -0.39 is 0 Å². The number of hydrogen-bond donors (Lipinski definition) is 1. The molecular formula is C14H30N2O. The maximum atomic E-state index is 5.20. The lowest BCUT2D eigenvalue weighted by Gasteiger charge is -2.37. The highest BCUT2D eigenvalue weighted by Gasteiger charge is 2.25. The van der Waals surface area contributed by atoms with Gasteiger partial charge < -0.3 is 10.1 Å². The van der Waals surface area contributed by atoms with Gasteiger partial charge in [-0.05, 0) is 38.8 Å².